The molecule has 0 aliphatic carbocycles. The SMILES string of the molecule is CCC(C)CSc1nc(NN)nc(N2CCCC2)n1. The molecule has 0 spiro atoms. The number of thioether (sulfide) groups is 1. The Morgan fingerprint density at radius 1 is 1.32 bits per heavy atom. The molecule has 1 aliphatic heterocycles. The fourth-order valence-corrected chi connectivity index (χ4v) is 2.83. The third kappa shape index (κ3) is 3.94. The molecule has 1 atom stereocenters. The van der Waals surface area contributed by atoms with Gasteiger partial charge in [0, 0.05) is 18.8 Å². The van der Waals surface area contributed by atoms with Crippen molar-refractivity contribution >= 4 is 23.7 Å². The van der Waals surface area contributed by atoms with E-state index in [9.17, 15) is 0 Å². The Morgan fingerprint density at radius 2 is 2.05 bits per heavy atom. The number of rotatable bonds is 6. The molecule has 1 saturated heterocycles. The van der Waals surface area contributed by atoms with Gasteiger partial charge in [-0.1, -0.05) is 32.0 Å². The number of aromatic nitrogens is 3. The summed E-state index contributed by atoms with van der Waals surface area (Å²) in [6, 6.07) is 0. The monoisotopic (exact) mass is 282 g/mol. The van der Waals surface area contributed by atoms with Gasteiger partial charge in [-0.25, -0.2) is 5.84 Å². The lowest BCUT2D eigenvalue weighted by molar-refractivity contribution is 0.635. The molecule has 1 aromatic rings. The summed E-state index contributed by atoms with van der Waals surface area (Å²) in [7, 11) is 0. The fourth-order valence-electron chi connectivity index (χ4n) is 1.87. The van der Waals surface area contributed by atoms with Crippen molar-refractivity contribution in [3.8, 4) is 0 Å². The van der Waals surface area contributed by atoms with Crippen molar-refractivity contribution in [3.05, 3.63) is 0 Å². The zero-order valence-electron chi connectivity index (χ0n) is 11.6. The lowest BCUT2D eigenvalue weighted by Gasteiger charge is -2.16. The summed E-state index contributed by atoms with van der Waals surface area (Å²) in [5.74, 6) is 8.30. The quantitative estimate of drug-likeness (QED) is 0.468. The molecule has 1 unspecified atom stereocenters. The third-order valence-electron chi connectivity index (χ3n) is 3.31. The van der Waals surface area contributed by atoms with Crippen LogP contribution in [0.2, 0.25) is 0 Å². The molecule has 7 heteroatoms. The van der Waals surface area contributed by atoms with E-state index in [0.29, 0.717) is 11.9 Å². The van der Waals surface area contributed by atoms with Crippen LogP contribution in [0.4, 0.5) is 11.9 Å². The number of hydrogen-bond donors (Lipinski definition) is 2. The van der Waals surface area contributed by atoms with Gasteiger partial charge in [-0.05, 0) is 18.8 Å². The minimum Gasteiger partial charge on any atom is -0.341 e. The van der Waals surface area contributed by atoms with E-state index < -0.39 is 0 Å². The van der Waals surface area contributed by atoms with E-state index in [1.165, 1.54) is 19.3 Å². The number of nitrogen functional groups attached to an aromatic ring is 1. The molecule has 0 aromatic carbocycles. The average molecular weight is 282 g/mol. The molecule has 0 radical (unpaired) electrons. The van der Waals surface area contributed by atoms with E-state index in [0.717, 1.165) is 29.9 Å². The van der Waals surface area contributed by atoms with Crippen molar-refractivity contribution in [2.75, 3.05) is 29.2 Å². The van der Waals surface area contributed by atoms with Gasteiger partial charge in [0.1, 0.15) is 0 Å². The zero-order valence-corrected chi connectivity index (χ0v) is 12.4. The van der Waals surface area contributed by atoms with Gasteiger partial charge in [-0.15, -0.1) is 0 Å². The summed E-state index contributed by atoms with van der Waals surface area (Å²) in [6.07, 6.45) is 3.57. The van der Waals surface area contributed by atoms with Crippen LogP contribution in [0.1, 0.15) is 33.1 Å². The molecular formula is C12H22N6S. The van der Waals surface area contributed by atoms with Gasteiger partial charge in [0.15, 0.2) is 5.16 Å². The van der Waals surface area contributed by atoms with Gasteiger partial charge in [0.05, 0.1) is 0 Å². The van der Waals surface area contributed by atoms with Crippen LogP contribution in [-0.2, 0) is 0 Å². The number of nitrogens with zero attached hydrogens (tertiary/aromatic N) is 4. The van der Waals surface area contributed by atoms with E-state index in [1.807, 2.05) is 0 Å². The van der Waals surface area contributed by atoms with Crippen molar-refractivity contribution in [2.24, 2.45) is 11.8 Å². The zero-order chi connectivity index (χ0) is 13.7. The Hall–Kier alpha value is -1.08. The van der Waals surface area contributed by atoms with Crippen LogP contribution in [0.5, 0.6) is 0 Å². The Labute approximate surface area is 118 Å². The molecule has 0 saturated carbocycles. The predicted molar refractivity (Wildman–Crippen MR) is 79.3 cm³/mol. The number of nitrogens with one attached hydrogen (secondary N) is 1. The Morgan fingerprint density at radius 3 is 2.68 bits per heavy atom. The largest absolute Gasteiger partial charge is 0.341 e. The molecule has 2 rings (SSSR count). The molecule has 1 fully saturated rings. The van der Waals surface area contributed by atoms with Gasteiger partial charge in [-0.2, -0.15) is 15.0 Å². The number of anilines is 2. The maximum atomic E-state index is 5.44. The molecule has 2 heterocycles. The summed E-state index contributed by atoms with van der Waals surface area (Å²) < 4.78 is 0. The highest BCUT2D eigenvalue weighted by molar-refractivity contribution is 7.99. The van der Waals surface area contributed by atoms with E-state index >= 15 is 0 Å². The van der Waals surface area contributed by atoms with Gasteiger partial charge in [-0.3, -0.25) is 5.43 Å². The number of hydrogen-bond acceptors (Lipinski definition) is 7. The van der Waals surface area contributed by atoms with Crippen LogP contribution in [0.3, 0.4) is 0 Å². The van der Waals surface area contributed by atoms with Crippen LogP contribution in [0, 0.1) is 5.92 Å². The minimum absolute atomic E-state index is 0.448. The summed E-state index contributed by atoms with van der Waals surface area (Å²) in [5.41, 5.74) is 2.53. The van der Waals surface area contributed by atoms with Crippen molar-refractivity contribution in [1.82, 2.24) is 15.0 Å². The summed E-state index contributed by atoms with van der Waals surface area (Å²) >= 11 is 1.67. The van der Waals surface area contributed by atoms with E-state index in [1.54, 1.807) is 11.8 Å². The second-order valence-electron chi connectivity index (χ2n) is 4.90. The van der Waals surface area contributed by atoms with E-state index in [4.69, 9.17) is 5.84 Å². The van der Waals surface area contributed by atoms with E-state index in [-0.39, 0.29) is 0 Å². The van der Waals surface area contributed by atoms with Crippen LogP contribution in [-0.4, -0.2) is 33.8 Å². The van der Waals surface area contributed by atoms with Gasteiger partial charge >= 0.3 is 0 Å². The van der Waals surface area contributed by atoms with Crippen molar-refractivity contribution in [3.63, 3.8) is 0 Å². The predicted octanol–water partition coefficient (Wildman–Crippen LogP) is 1.90. The first-order valence-electron chi connectivity index (χ1n) is 6.83. The Balaban J connectivity index is 2.11. The normalized spacial score (nSPS) is 16.7. The Bertz CT molecular complexity index is 407. The number of nitrogens with two attached hydrogens (primary N) is 1. The molecule has 3 N–H and O–H groups in total. The summed E-state index contributed by atoms with van der Waals surface area (Å²) in [5, 5.41) is 0.755. The molecule has 6 nitrogen and oxygen atoms in total. The first-order chi connectivity index (χ1) is 9.22. The molecular weight excluding hydrogens is 260 g/mol. The van der Waals surface area contributed by atoms with Gasteiger partial charge in [0.25, 0.3) is 0 Å². The lowest BCUT2D eigenvalue weighted by atomic mass is 10.2. The number of hydrazine groups is 1. The molecule has 0 amide bonds. The van der Waals surface area contributed by atoms with Crippen LogP contribution in [0.25, 0.3) is 0 Å². The standard InChI is InChI=1S/C12H22N6S/c1-3-9(2)8-19-12-15-10(17-13)14-11(16-12)18-6-4-5-7-18/h9H,3-8,13H2,1-2H3,(H,14,15,16,17). The van der Waals surface area contributed by atoms with Crippen molar-refractivity contribution < 1.29 is 0 Å². The maximum absolute atomic E-state index is 5.44. The fraction of sp³-hybridized carbons (Fsp3) is 0.750. The van der Waals surface area contributed by atoms with E-state index in [2.05, 4.69) is 39.1 Å². The first kappa shape index (κ1) is 14.3. The minimum atomic E-state index is 0.448. The highest BCUT2D eigenvalue weighted by Gasteiger charge is 2.17. The summed E-state index contributed by atoms with van der Waals surface area (Å²) in [4.78, 5) is 15.4. The highest BCUT2D eigenvalue weighted by Crippen LogP contribution is 2.23. The van der Waals surface area contributed by atoms with Gasteiger partial charge in [0.2, 0.25) is 11.9 Å². The molecule has 106 valence electrons. The van der Waals surface area contributed by atoms with Crippen molar-refractivity contribution in [2.45, 2.75) is 38.3 Å². The molecule has 0 bridgehead atoms. The second kappa shape index (κ2) is 6.91. The molecule has 19 heavy (non-hydrogen) atoms. The maximum Gasteiger partial charge on any atom is 0.242 e. The Kier molecular flexibility index (Phi) is 5.21. The smallest absolute Gasteiger partial charge is 0.242 e. The van der Waals surface area contributed by atoms with Crippen molar-refractivity contribution in [1.29, 1.82) is 0 Å². The average Bonchev–Trinajstić information content (AvgIpc) is 2.98. The van der Waals surface area contributed by atoms with Gasteiger partial charge < -0.3 is 4.90 Å². The van der Waals surface area contributed by atoms with Crippen LogP contribution >= 0.6 is 11.8 Å². The first-order valence-corrected chi connectivity index (χ1v) is 7.82. The topological polar surface area (TPSA) is 80.0 Å². The molecule has 1 aromatic heterocycles. The van der Waals surface area contributed by atoms with Crippen LogP contribution in [0.15, 0.2) is 5.16 Å². The summed E-state index contributed by atoms with van der Waals surface area (Å²) in [6.45, 7) is 6.46. The highest BCUT2D eigenvalue weighted by atomic mass is 32.2. The molecule has 1 aliphatic rings. The lowest BCUT2D eigenvalue weighted by Crippen LogP contribution is -2.22. The second-order valence-corrected chi connectivity index (χ2v) is 5.89. The third-order valence-corrected chi connectivity index (χ3v) is 4.49. The van der Waals surface area contributed by atoms with Crippen LogP contribution < -0.4 is 16.2 Å².